The van der Waals surface area contributed by atoms with Gasteiger partial charge in [0.2, 0.25) is 0 Å². The van der Waals surface area contributed by atoms with E-state index in [1.807, 2.05) is 13.8 Å². The van der Waals surface area contributed by atoms with Gasteiger partial charge in [-0.25, -0.2) is 0 Å². The molecule has 0 heterocycles. The van der Waals surface area contributed by atoms with Crippen molar-refractivity contribution in [1.29, 1.82) is 0 Å². The number of aliphatic hydroxyl groups is 1. The molecule has 0 aliphatic carbocycles. The summed E-state index contributed by atoms with van der Waals surface area (Å²) in [7, 11) is 0. The van der Waals surface area contributed by atoms with E-state index in [1.165, 1.54) is 0 Å². The monoisotopic (exact) mass is 256 g/mol. The molecule has 0 radical (unpaired) electrons. The van der Waals surface area contributed by atoms with Gasteiger partial charge >= 0.3 is 0 Å². The van der Waals surface area contributed by atoms with Gasteiger partial charge in [0, 0.05) is 11.5 Å². The first kappa shape index (κ1) is 14.0. The molecule has 1 aromatic rings. The minimum Gasteiger partial charge on any atom is -0.492 e. The number of aliphatic hydroxyl groups excluding tert-OH is 1. The van der Waals surface area contributed by atoms with E-state index in [1.54, 1.807) is 18.2 Å². The summed E-state index contributed by atoms with van der Waals surface area (Å²) in [6.07, 6.45) is 0.611. The van der Waals surface area contributed by atoms with Crippen LogP contribution in [0.3, 0.4) is 0 Å². The summed E-state index contributed by atoms with van der Waals surface area (Å²) in [5, 5.41) is 9.51. The van der Waals surface area contributed by atoms with Crippen LogP contribution in [0.2, 0.25) is 5.02 Å². The van der Waals surface area contributed by atoms with E-state index in [0.717, 1.165) is 0 Å². The molecule has 17 heavy (non-hydrogen) atoms. The normalized spacial score (nSPS) is 12.2. The number of benzene rings is 1. The first-order chi connectivity index (χ1) is 8.13. The van der Waals surface area contributed by atoms with E-state index in [9.17, 15) is 4.79 Å². The van der Waals surface area contributed by atoms with E-state index in [4.69, 9.17) is 21.4 Å². The van der Waals surface area contributed by atoms with Crippen LogP contribution in [0.15, 0.2) is 18.2 Å². The van der Waals surface area contributed by atoms with Crippen molar-refractivity contribution in [1.82, 2.24) is 0 Å². The van der Waals surface area contributed by atoms with Crippen molar-refractivity contribution >= 4 is 17.4 Å². The standard InChI is InChI=1S/C13H17ClO3/c1-3-9(8-15)13(16)10-5-6-12(17-4-2)11(14)7-10/h5-7,9,15H,3-4,8H2,1-2H3. The Hall–Kier alpha value is -1.06. The zero-order chi connectivity index (χ0) is 12.8. The van der Waals surface area contributed by atoms with Gasteiger partial charge in [-0.2, -0.15) is 0 Å². The van der Waals surface area contributed by atoms with Crippen LogP contribution in [-0.4, -0.2) is 24.1 Å². The molecule has 0 aliphatic rings. The highest BCUT2D eigenvalue weighted by Gasteiger charge is 2.18. The molecule has 0 aliphatic heterocycles. The van der Waals surface area contributed by atoms with Gasteiger partial charge in [0.1, 0.15) is 5.75 Å². The zero-order valence-electron chi connectivity index (χ0n) is 10.1. The second-order valence-electron chi connectivity index (χ2n) is 3.73. The van der Waals surface area contributed by atoms with E-state index < -0.39 is 0 Å². The molecule has 94 valence electrons. The Balaban J connectivity index is 2.93. The molecular weight excluding hydrogens is 240 g/mol. The average Bonchev–Trinajstić information content (AvgIpc) is 2.33. The minimum atomic E-state index is -0.357. The van der Waals surface area contributed by atoms with Gasteiger partial charge in [-0.3, -0.25) is 4.79 Å². The quantitative estimate of drug-likeness (QED) is 0.796. The summed E-state index contributed by atoms with van der Waals surface area (Å²) in [5.74, 6) is 0.131. The highest BCUT2D eigenvalue weighted by atomic mass is 35.5. The van der Waals surface area contributed by atoms with E-state index >= 15 is 0 Å². The smallest absolute Gasteiger partial charge is 0.168 e. The van der Waals surface area contributed by atoms with Gasteiger partial charge in [-0.1, -0.05) is 18.5 Å². The van der Waals surface area contributed by atoms with Gasteiger partial charge < -0.3 is 9.84 Å². The van der Waals surface area contributed by atoms with Crippen molar-refractivity contribution < 1.29 is 14.6 Å². The molecule has 3 nitrogen and oxygen atoms in total. The molecule has 0 saturated carbocycles. The van der Waals surface area contributed by atoms with Crippen LogP contribution < -0.4 is 4.74 Å². The molecule has 0 spiro atoms. The number of ketones is 1. The van der Waals surface area contributed by atoms with Gasteiger partial charge in [0.25, 0.3) is 0 Å². The van der Waals surface area contributed by atoms with Crippen LogP contribution in [0.25, 0.3) is 0 Å². The maximum Gasteiger partial charge on any atom is 0.168 e. The summed E-state index contributed by atoms with van der Waals surface area (Å²) in [5.41, 5.74) is 0.513. The third-order valence-electron chi connectivity index (χ3n) is 2.60. The lowest BCUT2D eigenvalue weighted by Crippen LogP contribution is -2.17. The summed E-state index contributed by atoms with van der Waals surface area (Å²) in [6.45, 7) is 4.13. The molecule has 1 N–H and O–H groups in total. The zero-order valence-corrected chi connectivity index (χ0v) is 10.8. The predicted molar refractivity (Wildman–Crippen MR) is 67.8 cm³/mol. The number of halogens is 1. The summed E-state index contributed by atoms with van der Waals surface area (Å²) in [4.78, 5) is 12.0. The number of hydrogen-bond acceptors (Lipinski definition) is 3. The van der Waals surface area contributed by atoms with E-state index in [2.05, 4.69) is 0 Å². The fourth-order valence-corrected chi connectivity index (χ4v) is 1.79. The molecule has 0 amide bonds. The third kappa shape index (κ3) is 3.45. The lowest BCUT2D eigenvalue weighted by atomic mass is 9.96. The van der Waals surface area contributed by atoms with Crippen LogP contribution in [0.5, 0.6) is 5.75 Å². The van der Waals surface area contributed by atoms with Crippen LogP contribution in [0, 0.1) is 5.92 Å². The van der Waals surface area contributed by atoms with Crippen LogP contribution >= 0.6 is 11.6 Å². The fraction of sp³-hybridized carbons (Fsp3) is 0.462. The van der Waals surface area contributed by atoms with Crippen molar-refractivity contribution in [3.63, 3.8) is 0 Å². The van der Waals surface area contributed by atoms with Gasteiger partial charge in [-0.05, 0) is 31.5 Å². The Morgan fingerprint density at radius 2 is 2.18 bits per heavy atom. The Kier molecular flexibility index (Phi) is 5.45. The number of Topliss-reactive ketones (excluding diaryl/α,β-unsaturated/α-hetero) is 1. The fourth-order valence-electron chi connectivity index (χ4n) is 1.56. The lowest BCUT2D eigenvalue weighted by Gasteiger charge is -2.12. The van der Waals surface area contributed by atoms with Crippen molar-refractivity contribution in [3.05, 3.63) is 28.8 Å². The molecule has 0 saturated heterocycles. The Morgan fingerprint density at radius 3 is 2.65 bits per heavy atom. The number of carbonyl (C=O) groups excluding carboxylic acids is 1. The van der Waals surface area contributed by atoms with Gasteiger partial charge in [0.15, 0.2) is 5.78 Å². The molecule has 0 aromatic heterocycles. The molecule has 1 atom stereocenters. The van der Waals surface area contributed by atoms with Crippen molar-refractivity contribution in [3.8, 4) is 5.75 Å². The second-order valence-corrected chi connectivity index (χ2v) is 4.14. The summed E-state index contributed by atoms with van der Waals surface area (Å²) >= 11 is 6.00. The predicted octanol–water partition coefficient (Wildman–Crippen LogP) is 2.94. The van der Waals surface area contributed by atoms with Crippen LogP contribution in [0.1, 0.15) is 30.6 Å². The molecule has 4 heteroatoms. The Bertz CT molecular complexity index is 386. The Morgan fingerprint density at radius 1 is 1.47 bits per heavy atom. The number of rotatable bonds is 6. The first-order valence-corrected chi connectivity index (χ1v) is 6.09. The lowest BCUT2D eigenvalue weighted by molar-refractivity contribution is 0.0856. The van der Waals surface area contributed by atoms with Crippen molar-refractivity contribution in [2.75, 3.05) is 13.2 Å². The minimum absolute atomic E-state index is 0.0834. The maximum absolute atomic E-state index is 12.0. The SMILES string of the molecule is CCOc1ccc(C(=O)C(CC)CO)cc1Cl. The molecular formula is C13H17ClO3. The number of hydrogen-bond donors (Lipinski definition) is 1. The summed E-state index contributed by atoms with van der Waals surface area (Å²) < 4.78 is 5.29. The van der Waals surface area contributed by atoms with Crippen LogP contribution in [-0.2, 0) is 0 Å². The van der Waals surface area contributed by atoms with Gasteiger partial charge in [0.05, 0.1) is 18.2 Å². The highest BCUT2D eigenvalue weighted by molar-refractivity contribution is 6.32. The molecule has 0 fully saturated rings. The molecule has 0 bridgehead atoms. The largest absolute Gasteiger partial charge is 0.492 e. The first-order valence-electron chi connectivity index (χ1n) is 5.71. The van der Waals surface area contributed by atoms with Gasteiger partial charge in [-0.15, -0.1) is 0 Å². The average molecular weight is 257 g/mol. The van der Waals surface area contributed by atoms with Crippen molar-refractivity contribution in [2.45, 2.75) is 20.3 Å². The molecule has 1 aromatic carbocycles. The maximum atomic E-state index is 12.0. The second kappa shape index (κ2) is 6.62. The molecule has 1 rings (SSSR count). The van der Waals surface area contributed by atoms with E-state index in [0.29, 0.717) is 29.4 Å². The molecule has 1 unspecified atom stereocenters. The van der Waals surface area contributed by atoms with Crippen molar-refractivity contribution in [2.24, 2.45) is 5.92 Å². The summed E-state index contributed by atoms with van der Waals surface area (Å²) in [6, 6.07) is 4.95. The highest BCUT2D eigenvalue weighted by Crippen LogP contribution is 2.26. The number of ether oxygens (including phenoxy) is 1. The van der Waals surface area contributed by atoms with E-state index in [-0.39, 0.29) is 18.3 Å². The number of carbonyl (C=O) groups is 1. The topological polar surface area (TPSA) is 46.5 Å². The van der Waals surface area contributed by atoms with Crippen LogP contribution in [0.4, 0.5) is 0 Å². The third-order valence-corrected chi connectivity index (χ3v) is 2.90. The Labute approximate surface area is 106 Å².